The highest BCUT2D eigenvalue weighted by molar-refractivity contribution is 5.92. The number of piperidine rings is 1. The Hall–Kier alpha value is -1.61. The first-order valence-electron chi connectivity index (χ1n) is 7.59. The third kappa shape index (κ3) is 2.38. The quantitative estimate of drug-likeness (QED) is 0.927. The van der Waals surface area contributed by atoms with E-state index in [1.54, 1.807) is 0 Å². The number of rotatable bonds is 3. The molecular weight excluding hydrogens is 246 g/mol. The Balaban J connectivity index is 2.03. The molecule has 1 fully saturated rings. The highest BCUT2D eigenvalue weighted by Crippen LogP contribution is 2.30. The molecule has 2 aromatic rings. The average Bonchev–Trinajstić information content (AvgIpc) is 2.53. The normalized spacial score (nSPS) is 21.1. The van der Waals surface area contributed by atoms with E-state index in [-0.39, 0.29) is 0 Å². The lowest BCUT2D eigenvalue weighted by atomic mass is 9.96. The van der Waals surface area contributed by atoms with Gasteiger partial charge >= 0.3 is 0 Å². The molecule has 0 bridgehead atoms. The van der Waals surface area contributed by atoms with E-state index >= 15 is 0 Å². The van der Waals surface area contributed by atoms with Crippen LogP contribution in [0.5, 0.6) is 0 Å². The zero-order valence-corrected chi connectivity index (χ0v) is 12.3. The molecule has 0 amide bonds. The SMILES string of the molecule is CNC(C)C1CCCCN1c1nccc2ccccc12. The molecular formula is C17H23N3. The van der Waals surface area contributed by atoms with Gasteiger partial charge in [0.05, 0.1) is 0 Å². The van der Waals surface area contributed by atoms with Gasteiger partial charge in [-0.25, -0.2) is 4.98 Å². The third-order valence-corrected chi connectivity index (χ3v) is 4.51. The van der Waals surface area contributed by atoms with Crippen molar-refractivity contribution in [1.29, 1.82) is 0 Å². The molecule has 1 saturated heterocycles. The van der Waals surface area contributed by atoms with Crippen LogP contribution in [0.25, 0.3) is 10.8 Å². The lowest BCUT2D eigenvalue weighted by Crippen LogP contribution is -2.50. The third-order valence-electron chi connectivity index (χ3n) is 4.51. The Morgan fingerprint density at radius 3 is 2.95 bits per heavy atom. The van der Waals surface area contributed by atoms with Crippen molar-refractivity contribution in [1.82, 2.24) is 10.3 Å². The number of nitrogens with one attached hydrogen (secondary N) is 1. The molecule has 1 aromatic heterocycles. The summed E-state index contributed by atoms with van der Waals surface area (Å²) >= 11 is 0. The fraction of sp³-hybridized carbons (Fsp3) is 0.471. The smallest absolute Gasteiger partial charge is 0.136 e. The molecule has 2 atom stereocenters. The summed E-state index contributed by atoms with van der Waals surface area (Å²) in [6.45, 7) is 3.38. The van der Waals surface area contributed by atoms with Crippen molar-refractivity contribution >= 4 is 16.6 Å². The number of anilines is 1. The molecule has 0 saturated carbocycles. The second-order valence-corrected chi connectivity index (χ2v) is 5.69. The first-order chi connectivity index (χ1) is 9.81. The summed E-state index contributed by atoms with van der Waals surface area (Å²) in [4.78, 5) is 7.20. The van der Waals surface area contributed by atoms with E-state index in [1.807, 2.05) is 13.2 Å². The molecule has 1 N–H and O–H groups in total. The summed E-state index contributed by atoms with van der Waals surface area (Å²) in [5, 5.41) is 5.96. The van der Waals surface area contributed by atoms with E-state index in [4.69, 9.17) is 4.98 Å². The molecule has 3 rings (SSSR count). The Morgan fingerprint density at radius 1 is 1.25 bits per heavy atom. The molecule has 1 aromatic carbocycles. The summed E-state index contributed by atoms with van der Waals surface area (Å²) in [7, 11) is 2.05. The van der Waals surface area contributed by atoms with Gasteiger partial charge in [0.1, 0.15) is 5.82 Å². The molecule has 2 heterocycles. The van der Waals surface area contributed by atoms with E-state index in [9.17, 15) is 0 Å². The number of hydrogen-bond donors (Lipinski definition) is 1. The molecule has 0 radical (unpaired) electrons. The number of nitrogens with zero attached hydrogens (tertiary/aromatic N) is 2. The Morgan fingerprint density at radius 2 is 2.10 bits per heavy atom. The molecule has 0 aliphatic carbocycles. The standard InChI is InChI=1S/C17H23N3/c1-13(18-2)16-9-5-6-12-20(16)17-15-8-4-3-7-14(15)10-11-19-17/h3-4,7-8,10-11,13,16,18H,5-6,9,12H2,1-2H3. The number of benzene rings is 1. The molecule has 1 aliphatic rings. The largest absolute Gasteiger partial charge is 0.352 e. The Labute approximate surface area is 121 Å². The maximum absolute atomic E-state index is 4.70. The molecule has 3 nitrogen and oxygen atoms in total. The minimum Gasteiger partial charge on any atom is -0.352 e. The summed E-state index contributed by atoms with van der Waals surface area (Å²) in [5.41, 5.74) is 0. The number of fused-ring (bicyclic) bond motifs is 1. The maximum Gasteiger partial charge on any atom is 0.136 e. The van der Waals surface area contributed by atoms with Crippen LogP contribution < -0.4 is 10.2 Å². The summed E-state index contributed by atoms with van der Waals surface area (Å²) < 4.78 is 0. The summed E-state index contributed by atoms with van der Waals surface area (Å²) in [6.07, 6.45) is 5.76. The number of pyridine rings is 1. The van der Waals surface area contributed by atoms with Gasteiger partial charge in [-0.3, -0.25) is 0 Å². The van der Waals surface area contributed by atoms with Crippen molar-refractivity contribution in [2.75, 3.05) is 18.5 Å². The van der Waals surface area contributed by atoms with Gasteiger partial charge in [-0.1, -0.05) is 24.3 Å². The van der Waals surface area contributed by atoms with Gasteiger partial charge in [-0.15, -0.1) is 0 Å². The van der Waals surface area contributed by atoms with Gasteiger partial charge in [-0.2, -0.15) is 0 Å². The Bertz CT molecular complexity index is 576. The summed E-state index contributed by atoms with van der Waals surface area (Å²) in [5.74, 6) is 1.15. The van der Waals surface area contributed by atoms with Gasteiger partial charge in [0.15, 0.2) is 0 Å². The molecule has 106 valence electrons. The first-order valence-corrected chi connectivity index (χ1v) is 7.59. The van der Waals surface area contributed by atoms with Crippen molar-refractivity contribution in [2.45, 2.75) is 38.3 Å². The van der Waals surface area contributed by atoms with Gasteiger partial charge in [0, 0.05) is 30.2 Å². The second kappa shape index (κ2) is 5.80. The first kappa shape index (κ1) is 13.4. The number of hydrogen-bond acceptors (Lipinski definition) is 3. The highest BCUT2D eigenvalue weighted by atomic mass is 15.2. The monoisotopic (exact) mass is 269 g/mol. The lowest BCUT2D eigenvalue weighted by molar-refractivity contribution is 0.381. The number of aromatic nitrogens is 1. The van der Waals surface area contributed by atoms with E-state index in [1.165, 1.54) is 30.0 Å². The second-order valence-electron chi connectivity index (χ2n) is 5.69. The zero-order chi connectivity index (χ0) is 13.9. The fourth-order valence-electron chi connectivity index (χ4n) is 3.27. The van der Waals surface area contributed by atoms with E-state index in [0.29, 0.717) is 12.1 Å². The molecule has 20 heavy (non-hydrogen) atoms. The predicted octanol–water partition coefficient (Wildman–Crippen LogP) is 3.20. The fourth-order valence-corrected chi connectivity index (χ4v) is 3.27. The van der Waals surface area contributed by atoms with Gasteiger partial charge in [0.25, 0.3) is 0 Å². The van der Waals surface area contributed by atoms with Crippen molar-refractivity contribution < 1.29 is 0 Å². The van der Waals surface area contributed by atoms with Crippen LogP contribution in [0.2, 0.25) is 0 Å². The summed E-state index contributed by atoms with van der Waals surface area (Å²) in [6, 6.07) is 11.7. The van der Waals surface area contributed by atoms with E-state index < -0.39 is 0 Å². The average molecular weight is 269 g/mol. The van der Waals surface area contributed by atoms with Crippen molar-refractivity contribution in [3.8, 4) is 0 Å². The van der Waals surface area contributed by atoms with E-state index in [2.05, 4.69) is 47.5 Å². The van der Waals surface area contributed by atoms with Gasteiger partial charge < -0.3 is 10.2 Å². The predicted molar refractivity (Wildman–Crippen MR) is 85.2 cm³/mol. The van der Waals surface area contributed by atoms with Crippen LogP contribution in [0.3, 0.4) is 0 Å². The van der Waals surface area contributed by atoms with Crippen molar-refractivity contribution in [3.05, 3.63) is 36.5 Å². The molecule has 1 aliphatic heterocycles. The number of likely N-dealkylation sites (N-methyl/N-ethyl adjacent to an activating group) is 1. The van der Waals surface area contributed by atoms with Crippen LogP contribution in [0.15, 0.2) is 36.5 Å². The van der Waals surface area contributed by atoms with Crippen LogP contribution in [-0.4, -0.2) is 30.7 Å². The highest BCUT2D eigenvalue weighted by Gasteiger charge is 2.28. The molecule has 3 heteroatoms. The molecule has 0 spiro atoms. The van der Waals surface area contributed by atoms with Crippen LogP contribution in [0, 0.1) is 0 Å². The Kier molecular flexibility index (Phi) is 3.88. The maximum atomic E-state index is 4.70. The minimum absolute atomic E-state index is 0.482. The topological polar surface area (TPSA) is 28.2 Å². The van der Waals surface area contributed by atoms with E-state index in [0.717, 1.165) is 12.4 Å². The molecule has 2 unspecified atom stereocenters. The van der Waals surface area contributed by atoms with Crippen LogP contribution >= 0.6 is 0 Å². The van der Waals surface area contributed by atoms with Crippen LogP contribution in [0.1, 0.15) is 26.2 Å². The minimum atomic E-state index is 0.482. The van der Waals surface area contributed by atoms with Crippen molar-refractivity contribution in [3.63, 3.8) is 0 Å². The van der Waals surface area contributed by atoms with Crippen LogP contribution in [0.4, 0.5) is 5.82 Å². The van der Waals surface area contributed by atoms with Crippen molar-refractivity contribution in [2.24, 2.45) is 0 Å². The lowest BCUT2D eigenvalue weighted by Gasteiger charge is -2.40. The van der Waals surface area contributed by atoms with Gasteiger partial charge in [0.2, 0.25) is 0 Å². The van der Waals surface area contributed by atoms with Gasteiger partial charge in [-0.05, 0) is 44.7 Å². The zero-order valence-electron chi connectivity index (χ0n) is 12.3. The van der Waals surface area contributed by atoms with Crippen LogP contribution in [-0.2, 0) is 0 Å².